The SMILES string of the molecule is COC(=O)Nc1ccc(-c2cccc(C(Cc3ccccc3)c3ccc(-c4cc(Cl)ccc4-n4cnnn4)c[n+]3[O-])n2)cc1. The van der Waals surface area contributed by atoms with Crippen molar-refractivity contribution in [3.05, 3.63) is 143 Å². The molecule has 6 aromatic rings. The van der Waals surface area contributed by atoms with Gasteiger partial charge in [0.25, 0.3) is 0 Å². The second kappa shape index (κ2) is 12.7. The second-order valence-corrected chi connectivity index (χ2v) is 10.4. The maximum atomic E-state index is 13.8. The van der Waals surface area contributed by atoms with Gasteiger partial charge in [-0.25, -0.2) is 4.79 Å². The zero-order chi connectivity index (χ0) is 30.5. The number of rotatable bonds is 8. The normalized spacial score (nSPS) is 11.6. The summed E-state index contributed by atoms with van der Waals surface area (Å²) in [6, 6.07) is 32.2. The van der Waals surface area contributed by atoms with Crippen molar-refractivity contribution in [2.24, 2.45) is 0 Å². The van der Waals surface area contributed by atoms with Crippen LogP contribution in [0.2, 0.25) is 5.02 Å². The van der Waals surface area contributed by atoms with Crippen LogP contribution < -0.4 is 10.0 Å². The van der Waals surface area contributed by atoms with E-state index in [1.165, 1.54) is 18.1 Å². The minimum atomic E-state index is -0.541. The Morgan fingerprint density at radius 2 is 1.77 bits per heavy atom. The molecule has 0 aliphatic carbocycles. The van der Waals surface area contributed by atoms with E-state index in [4.69, 9.17) is 16.6 Å². The van der Waals surface area contributed by atoms with Crippen LogP contribution in [0.5, 0.6) is 0 Å². The van der Waals surface area contributed by atoms with Crippen molar-refractivity contribution in [3.8, 4) is 28.1 Å². The molecular weight excluding hydrogens is 578 g/mol. The number of halogens is 1. The molecule has 0 radical (unpaired) electrons. The highest BCUT2D eigenvalue weighted by Gasteiger charge is 2.25. The third-order valence-electron chi connectivity index (χ3n) is 7.19. The first-order valence-electron chi connectivity index (χ1n) is 13.7. The van der Waals surface area contributed by atoms with E-state index in [0.29, 0.717) is 39.6 Å². The van der Waals surface area contributed by atoms with Gasteiger partial charge < -0.3 is 9.94 Å². The molecule has 3 heterocycles. The van der Waals surface area contributed by atoms with Crippen LogP contribution in [0.1, 0.15) is 22.9 Å². The van der Waals surface area contributed by atoms with Crippen molar-refractivity contribution < 1.29 is 14.3 Å². The molecular formula is C33H26ClN7O3. The molecule has 0 aliphatic heterocycles. The van der Waals surface area contributed by atoms with Gasteiger partial charge >= 0.3 is 6.09 Å². The van der Waals surface area contributed by atoms with E-state index in [1.807, 2.05) is 78.9 Å². The van der Waals surface area contributed by atoms with Crippen LogP contribution in [0, 0.1) is 5.21 Å². The van der Waals surface area contributed by atoms with Gasteiger partial charge in [-0.1, -0.05) is 60.1 Å². The molecule has 1 amide bonds. The van der Waals surface area contributed by atoms with E-state index in [-0.39, 0.29) is 5.92 Å². The van der Waals surface area contributed by atoms with Gasteiger partial charge in [0.05, 0.1) is 30.1 Å². The van der Waals surface area contributed by atoms with Gasteiger partial charge in [0.15, 0.2) is 6.20 Å². The number of aromatic nitrogens is 6. The summed E-state index contributed by atoms with van der Waals surface area (Å²) < 4.78 is 7.09. The number of nitrogens with one attached hydrogen (secondary N) is 1. The summed E-state index contributed by atoms with van der Waals surface area (Å²) in [5.41, 5.74) is 6.64. The third kappa shape index (κ3) is 6.25. The van der Waals surface area contributed by atoms with E-state index in [0.717, 1.165) is 27.2 Å². The Balaban J connectivity index is 1.38. The van der Waals surface area contributed by atoms with Crippen molar-refractivity contribution in [2.75, 3.05) is 12.4 Å². The van der Waals surface area contributed by atoms with Crippen LogP contribution in [0.25, 0.3) is 28.1 Å². The molecule has 0 saturated carbocycles. The smallest absolute Gasteiger partial charge is 0.411 e. The fraction of sp³-hybridized carbons (Fsp3) is 0.0909. The fourth-order valence-electron chi connectivity index (χ4n) is 5.04. The molecule has 3 aromatic heterocycles. The van der Waals surface area contributed by atoms with Crippen molar-refractivity contribution >= 4 is 23.4 Å². The molecule has 0 fully saturated rings. The lowest BCUT2D eigenvalue weighted by Gasteiger charge is -2.18. The van der Waals surface area contributed by atoms with E-state index < -0.39 is 6.09 Å². The van der Waals surface area contributed by atoms with E-state index in [1.54, 1.807) is 30.5 Å². The van der Waals surface area contributed by atoms with Crippen LogP contribution >= 0.6 is 11.6 Å². The van der Waals surface area contributed by atoms with Crippen molar-refractivity contribution in [2.45, 2.75) is 12.3 Å². The third-order valence-corrected chi connectivity index (χ3v) is 7.42. The molecule has 3 aromatic carbocycles. The molecule has 6 rings (SSSR count). The average Bonchev–Trinajstić information content (AvgIpc) is 3.60. The summed E-state index contributed by atoms with van der Waals surface area (Å²) in [7, 11) is 1.31. The number of carbonyl (C=O) groups excluding carboxylic acids is 1. The van der Waals surface area contributed by atoms with Crippen molar-refractivity contribution in [3.63, 3.8) is 0 Å². The molecule has 10 nitrogen and oxygen atoms in total. The first-order valence-corrected chi connectivity index (χ1v) is 14.1. The molecule has 0 saturated heterocycles. The molecule has 1 atom stereocenters. The summed E-state index contributed by atoms with van der Waals surface area (Å²) in [4.78, 5) is 16.6. The largest absolute Gasteiger partial charge is 0.618 e. The first kappa shape index (κ1) is 28.5. The van der Waals surface area contributed by atoms with Gasteiger partial charge in [0.2, 0.25) is 5.69 Å². The number of nitrogens with zero attached hydrogens (tertiary/aromatic N) is 6. The van der Waals surface area contributed by atoms with Crippen molar-refractivity contribution in [1.29, 1.82) is 0 Å². The second-order valence-electron chi connectivity index (χ2n) is 9.97. The number of benzene rings is 3. The highest BCUT2D eigenvalue weighted by molar-refractivity contribution is 6.31. The standard InChI is InChI=1S/C33H26ClN7O3/c1-44-33(42)36-26-14-10-23(11-15-26)29-8-5-9-30(37-29)28(18-22-6-3-2-4-7-22)32-16-12-24(20-41(32)43)27-19-25(34)13-17-31(27)40-21-35-38-39-40/h2-17,19-21,28H,18H2,1H3,(H,36,42). The number of pyridine rings is 2. The Kier molecular flexibility index (Phi) is 8.24. The molecule has 44 heavy (non-hydrogen) atoms. The Bertz CT molecular complexity index is 1900. The minimum Gasteiger partial charge on any atom is -0.618 e. The summed E-state index contributed by atoms with van der Waals surface area (Å²) >= 11 is 6.34. The highest BCUT2D eigenvalue weighted by Crippen LogP contribution is 2.32. The monoisotopic (exact) mass is 603 g/mol. The van der Waals surface area contributed by atoms with Gasteiger partial charge in [-0.05, 0) is 70.9 Å². The summed E-state index contributed by atoms with van der Waals surface area (Å²) in [6.45, 7) is 0. The Morgan fingerprint density at radius 3 is 2.50 bits per heavy atom. The predicted molar refractivity (Wildman–Crippen MR) is 166 cm³/mol. The van der Waals surface area contributed by atoms with Gasteiger partial charge in [0.1, 0.15) is 6.33 Å². The van der Waals surface area contributed by atoms with Crippen LogP contribution in [-0.2, 0) is 11.2 Å². The minimum absolute atomic E-state index is 0.345. The fourth-order valence-corrected chi connectivity index (χ4v) is 5.21. The molecule has 1 N–H and O–H groups in total. The number of anilines is 1. The summed E-state index contributed by atoms with van der Waals surface area (Å²) in [5, 5.41) is 28.4. The highest BCUT2D eigenvalue weighted by atomic mass is 35.5. The van der Waals surface area contributed by atoms with Gasteiger partial charge in [-0.2, -0.15) is 9.41 Å². The van der Waals surface area contributed by atoms with E-state index in [9.17, 15) is 10.0 Å². The van der Waals surface area contributed by atoms with Crippen LogP contribution in [0.3, 0.4) is 0 Å². The van der Waals surface area contributed by atoms with Crippen molar-refractivity contribution in [1.82, 2.24) is 25.2 Å². The lowest BCUT2D eigenvalue weighted by Crippen LogP contribution is -2.34. The topological polar surface area (TPSA) is 122 Å². The Hall–Kier alpha value is -5.61. The molecule has 0 aliphatic rings. The molecule has 1 unspecified atom stereocenters. The molecule has 11 heteroatoms. The summed E-state index contributed by atoms with van der Waals surface area (Å²) in [6.07, 6.45) is 3.06. The Labute approximate surface area is 258 Å². The number of amides is 1. The van der Waals surface area contributed by atoms with Crippen LogP contribution in [0.4, 0.5) is 10.5 Å². The van der Waals surface area contributed by atoms with Crippen LogP contribution in [0.15, 0.2) is 116 Å². The van der Waals surface area contributed by atoms with E-state index >= 15 is 0 Å². The number of hydrogen-bond donors (Lipinski definition) is 1. The number of carbonyl (C=O) groups is 1. The lowest BCUT2D eigenvalue weighted by atomic mass is 9.91. The molecule has 0 spiro atoms. The summed E-state index contributed by atoms with van der Waals surface area (Å²) in [5.74, 6) is -0.345. The van der Waals surface area contributed by atoms with Crippen LogP contribution in [-0.4, -0.2) is 38.4 Å². The molecule has 218 valence electrons. The lowest BCUT2D eigenvalue weighted by molar-refractivity contribution is -0.614. The number of tetrazole rings is 1. The number of ether oxygens (including phenoxy) is 1. The van der Waals surface area contributed by atoms with Gasteiger partial charge in [0, 0.05) is 33.5 Å². The predicted octanol–water partition coefficient (Wildman–Crippen LogP) is 6.23. The Morgan fingerprint density at radius 1 is 0.977 bits per heavy atom. The molecule has 0 bridgehead atoms. The quantitative estimate of drug-likeness (QED) is 0.162. The number of hydrogen-bond acceptors (Lipinski definition) is 7. The maximum absolute atomic E-state index is 13.8. The maximum Gasteiger partial charge on any atom is 0.411 e. The number of methoxy groups -OCH3 is 1. The average molecular weight is 604 g/mol. The first-order chi connectivity index (χ1) is 21.5. The van der Waals surface area contributed by atoms with E-state index in [2.05, 4.69) is 25.6 Å². The van der Waals surface area contributed by atoms with Gasteiger partial charge in [-0.3, -0.25) is 10.3 Å². The zero-order valence-corrected chi connectivity index (χ0v) is 24.3. The zero-order valence-electron chi connectivity index (χ0n) is 23.5. The van der Waals surface area contributed by atoms with Gasteiger partial charge in [-0.15, -0.1) is 5.10 Å².